The fourth-order valence-electron chi connectivity index (χ4n) is 1.53. The highest BCUT2D eigenvalue weighted by atomic mass is 19.3. The lowest BCUT2D eigenvalue weighted by Crippen LogP contribution is -2.07. The fraction of sp³-hybridized carbons (Fsp3) is 0.250. The Labute approximate surface area is 102 Å². The molecule has 1 N–H and O–H groups in total. The number of phenolic OH excluding ortho intramolecular Hbond substituents is 1. The molecule has 0 saturated heterocycles. The van der Waals surface area contributed by atoms with Gasteiger partial charge in [0, 0.05) is 18.0 Å². The van der Waals surface area contributed by atoms with Gasteiger partial charge in [-0.1, -0.05) is 6.07 Å². The lowest BCUT2D eigenvalue weighted by atomic mass is 10.2. The third kappa shape index (κ3) is 2.42. The van der Waals surface area contributed by atoms with Gasteiger partial charge in [-0.15, -0.1) is 0 Å². The predicted molar refractivity (Wildman–Crippen MR) is 60.7 cm³/mol. The summed E-state index contributed by atoms with van der Waals surface area (Å²) < 4.78 is 31.2. The number of hydrogen-bond acceptors (Lipinski definition) is 3. The number of aromatic nitrogens is 2. The van der Waals surface area contributed by atoms with Crippen LogP contribution in [-0.4, -0.2) is 14.7 Å². The van der Waals surface area contributed by atoms with Gasteiger partial charge in [-0.05, 0) is 19.1 Å². The molecule has 0 aliphatic carbocycles. The maximum atomic E-state index is 12.6. The molecule has 0 unspecified atom stereocenters. The Kier molecular flexibility index (Phi) is 3.45. The number of phenols is 1. The molecule has 0 aliphatic rings. The highest BCUT2D eigenvalue weighted by molar-refractivity contribution is 5.42. The molecule has 2 aromatic rings. The van der Waals surface area contributed by atoms with Gasteiger partial charge in [0.2, 0.25) is 0 Å². The van der Waals surface area contributed by atoms with Crippen LogP contribution in [0.4, 0.5) is 8.78 Å². The van der Waals surface area contributed by atoms with Crippen LogP contribution in [0.25, 0.3) is 0 Å². The van der Waals surface area contributed by atoms with Crippen LogP contribution in [-0.2, 0) is 6.61 Å². The summed E-state index contributed by atoms with van der Waals surface area (Å²) in [5.74, 6) is 0.677. The highest BCUT2D eigenvalue weighted by Gasteiger charge is 2.12. The standard InChI is InChI=1S/C12H12F2N2O2/c1-8-9(17)3-2-4-10(8)18-7-11-15-5-6-16(11)12(13)14/h2-6,12,17H,7H2,1H3. The topological polar surface area (TPSA) is 47.3 Å². The molecular weight excluding hydrogens is 242 g/mol. The molecule has 96 valence electrons. The lowest BCUT2D eigenvalue weighted by molar-refractivity contribution is 0.0632. The summed E-state index contributed by atoms with van der Waals surface area (Å²) in [6.07, 6.45) is 2.48. The van der Waals surface area contributed by atoms with E-state index in [1.165, 1.54) is 18.5 Å². The van der Waals surface area contributed by atoms with Crippen LogP contribution in [0.1, 0.15) is 17.9 Å². The number of nitrogens with zero attached hydrogens (tertiary/aromatic N) is 2. The van der Waals surface area contributed by atoms with E-state index in [0.717, 1.165) is 4.57 Å². The summed E-state index contributed by atoms with van der Waals surface area (Å²) in [7, 11) is 0. The highest BCUT2D eigenvalue weighted by Crippen LogP contribution is 2.26. The molecule has 18 heavy (non-hydrogen) atoms. The van der Waals surface area contributed by atoms with Gasteiger partial charge >= 0.3 is 6.55 Å². The molecule has 1 aromatic heterocycles. The number of aromatic hydroxyl groups is 1. The second kappa shape index (κ2) is 5.03. The van der Waals surface area contributed by atoms with Gasteiger partial charge < -0.3 is 9.84 Å². The Morgan fingerprint density at radius 2 is 2.22 bits per heavy atom. The van der Waals surface area contributed by atoms with Crippen LogP contribution >= 0.6 is 0 Å². The molecule has 0 radical (unpaired) electrons. The number of ether oxygens (including phenoxy) is 1. The number of imidazole rings is 1. The van der Waals surface area contributed by atoms with E-state index >= 15 is 0 Å². The first-order chi connectivity index (χ1) is 8.59. The number of benzene rings is 1. The zero-order valence-electron chi connectivity index (χ0n) is 9.68. The maximum Gasteiger partial charge on any atom is 0.320 e. The number of hydrogen-bond donors (Lipinski definition) is 1. The van der Waals surface area contributed by atoms with Crippen LogP contribution in [0.5, 0.6) is 11.5 Å². The Balaban J connectivity index is 2.12. The number of halogens is 2. The maximum absolute atomic E-state index is 12.6. The van der Waals surface area contributed by atoms with Crippen molar-refractivity contribution in [2.24, 2.45) is 0 Å². The summed E-state index contributed by atoms with van der Waals surface area (Å²) in [4.78, 5) is 3.80. The van der Waals surface area contributed by atoms with Gasteiger partial charge in [-0.25, -0.2) is 4.98 Å². The second-order valence-electron chi connectivity index (χ2n) is 3.72. The van der Waals surface area contributed by atoms with E-state index in [0.29, 0.717) is 11.3 Å². The first-order valence-corrected chi connectivity index (χ1v) is 5.31. The number of rotatable bonds is 4. The van der Waals surface area contributed by atoms with Crippen molar-refractivity contribution in [2.45, 2.75) is 20.1 Å². The largest absolute Gasteiger partial charge is 0.508 e. The molecule has 2 rings (SSSR count). The normalized spacial score (nSPS) is 10.9. The summed E-state index contributed by atoms with van der Waals surface area (Å²) in [6, 6.07) is 4.81. The molecule has 1 aromatic carbocycles. The van der Waals surface area contributed by atoms with E-state index in [1.807, 2.05) is 0 Å². The Morgan fingerprint density at radius 1 is 1.44 bits per heavy atom. The van der Waals surface area contributed by atoms with E-state index in [2.05, 4.69) is 4.98 Å². The lowest BCUT2D eigenvalue weighted by Gasteiger charge is -2.11. The predicted octanol–water partition coefficient (Wildman–Crippen LogP) is 2.87. The van der Waals surface area contributed by atoms with Crippen LogP contribution in [0.15, 0.2) is 30.6 Å². The zero-order chi connectivity index (χ0) is 13.1. The molecule has 0 saturated carbocycles. The van der Waals surface area contributed by atoms with E-state index in [1.54, 1.807) is 19.1 Å². The molecule has 0 fully saturated rings. The van der Waals surface area contributed by atoms with Crippen molar-refractivity contribution in [3.8, 4) is 11.5 Å². The quantitative estimate of drug-likeness (QED) is 0.912. The van der Waals surface area contributed by atoms with Crippen molar-refractivity contribution in [3.05, 3.63) is 42.0 Å². The average molecular weight is 254 g/mol. The molecule has 6 heteroatoms. The second-order valence-corrected chi connectivity index (χ2v) is 3.72. The number of alkyl halides is 2. The molecule has 0 atom stereocenters. The van der Waals surface area contributed by atoms with Crippen molar-refractivity contribution in [1.82, 2.24) is 9.55 Å². The van der Waals surface area contributed by atoms with Gasteiger partial charge in [0.1, 0.15) is 18.1 Å². The minimum Gasteiger partial charge on any atom is -0.508 e. The monoisotopic (exact) mass is 254 g/mol. The van der Waals surface area contributed by atoms with Crippen molar-refractivity contribution in [1.29, 1.82) is 0 Å². The minimum atomic E-state index is -2.64. The van der Waals surface area contributed by atoms with Crippen LogP contribution in [0.2, 0.25) is 0 Å². The molecule has 0 bridgehead atoms. The third-order valence-corrected chi connectivity index (χ3v) is 2.57. The van der Waals surface area contributed by atoms with Gasteiger partial charge in [0.25, 0.3) is 0 Å². The average Bonchev–Trinajstić information content (AvgIpc) is 2.79. The van der Waals surface area contributed by atoms with Gasteiger partial charge in [-0.3, -0.25) is 4.57 Å². The summed E-state index contributed by atoms with van der Waals surface area (Å²) in [5, 5.41) is 9.48. The summed E-state index contributed by atoms with van der Waals surface area (Å²) in [5.41, 5.74) is 0.563. The van der Waals surface area contributed by atoms with Crippen molar-refractivity contribution in [3.63, 3.8) is 0 Å². The van der Waals surface area contributed by atoms with E-state index in [9.17, 15) is 13.9 Å². The molecule has 0 spiro atoms. The Hall–Kier alpha value is -2.11. The van der Waals surface area contributed by atoms with E-state index in [4.69, 9.17) is 4.74 Å². The molecule has 4 nitrogen and oxygen atoms in total. The third-order valence-electron chi connectivity index (χ3n) is 2.57. The molecule has 1 heterocycles. The van der Waals surface area contributed by atoms with Crippen LogP contribution in [0, 0.1) is 6.92 Å². The first kappa shape index (κ1) is 12.3. The first-order valence-electron chi connectivity index (χ1n) is 5.31. The fourth-order valence-corrected chi connectivity index (χ4v) is 1.53. The van der Waals surface area contributed by atoms with Gasteiger partial charge in [0.15, 0.2) is 5.82 Å². The smallest absolute Gasteiger partial charge is 0.320 e. The van der Waals surface area contributed by atoms with Gasteiger partial charge in [-0.2, -0.15) is 8.78 Å². The Morgan fingerprint density at radius 3 is 2.94 bits per heavy atom. The minimum absolute atomic E-state index is 0.0817. The van der Waals surface area contributed by atoms with Crippen LogP contribution < -0.4 is 4.74 Å². The summed E-state index contributed by atoms with van der Waals surface area (Å²) in [6.45, 7) is -1.04. The SMILES string of the molecule is Cc1c(O)cccc1OCc1nccn1C(F)F. The van der Waals surface area contributed by atoms with Crippen molar-refractivity contribution in [2.75, 3.05) is 0 Å². The molecule has 0 aliphatic heterocycles. The summed E-state index contributed by atoms with van der Waals surface area (Å²) >= 11 is 0. The van der Waals surface area contributed by atoms with Crippen molar-refractivity contribution < 1.29 is 18.6 Å². The zero-order valence-corrected chi connectivity index (χ0v) is 9.68. The Bertz CT molecular complexity index is 541. The van der Waals surface area contributed by atoms with Crippen molar-refractivity contribution >= 4 is 0 Å². The molecule has 0 amide bonds. The van der Waals surface area contributed by atoms with E-state index in [-0.39, 0.29) is 18.2 Å². The van der Waals surface area contributed by atoms with E-state index < -0.39 is 6.55 Å². The molecular formula is C12H12F2N2O2. The van der Waals surface area contributed by atoms with Crippen LogP contribution in [0.3, 0.4) is 0 Å². The van der Waals surface area contributed by atoms with Gasteiger partial charge in [0.05, 0.1) is 0 Å².